The number of benzene rings is 1. The molecule has 0 atom stereocenters. The molecule has 0 aliphatic rings. The number of thiophene rings is 1. The fraction of sp³-hybridized carbons (Fsp3) is 0.0833. The van der Waals surface area contributed by atoms with Crippen LogP contribution in [-0.2, 0) is 10.0 Å². The number of sulfonamides is 1. The second kappa shape index (κ2) is 6.35. The first kappa shape index (κ1) is 16.3. The summed E-state index contributed by atoms with van der Waals surface area (Å²) in [5.41, 5.74) is 0.811. The Morgan fingerprint density at radius 3 is 2.38 bits per heavy atom. The summed E-state index contributed by atoms with van der Waals surface area (Å²) in [6.07, 6.45) is 0. The highest BCUT2D eigenvalue weighted by atomic mass is 79.9. The van der Waals surface area contributed by atoms with Crippen molar-refractivity contribution in [1.29, 1.82) is 0 Å². The van der Waals surface area contributed by atoms with Gasteiger partial charge in [0.2, 0.25) is 0 Å². The van der Waals surface area contributed by atoms with Crippen molar-refractivity contribution in [1.82, 2.24) is 5.32 Å². The van der Waals surface area contributed by atoms with Crippen molar-refractivity contribution in [2.24, 2.45) is 0 Å². The Kier molecular flexibility index (Phi) is 4.92. The van der Waals surface area contributed by atoms with E-state index in [2.05, 4.69) is 26.0 Å². The Bertz CT molecular complexity index is 753. The van der Waals surface area contributed by atoms with Crippen LogP contribution in [0.3, 0.4) is 0 Å². The van der Waals surface area contributed by atoms with E-state index in [0.29, 0.717) is 20.1 Å². The third kappa shape index (κ3) is 3.76. The largest absolute Gasteiger partial charge is 0.355 e. The van der Waals surface area contributed by atoms with E-state index in [1.165, 1.54) is 37.4 Å². The molecule has 1 aromatic heterocycles. The molecule has 0 aliphatic heterocycles. The number of rotatable bonds is 4. The van der Waals surface area contributed by atoms with Gasteiger partial charge in [0, 0.05) is 18.3 Å². The molecule has 1 heterocycles. The molecule has 5 nitrogen and oxygen atoms in total. The van der Waals surface area contributed by atoms with Crippen molar-refractivity contribution in [3.05, 3.63) is 44.7 Å². The summed E-state index contributed by atoms with van der Waals surface area (Å²) >= 11 is 10.0. The van der Waals surface area contributed by atoms with E-state index >= 15 is 0 Å². The molecule has 1 aromatic carbocycles. The maximum absolute atomic E-state index is 12.2. The van der Waals surface area contributed by atoms with E-state index in [0.717, 1.165) is 11.3 Å². The Morgan fingerprint density at radius 1 is 1.29 bits per heavy atom. The van der Waals surface area contributed by atoms with E-state index in [-0.39, 0.29) is 10.1 Å². The zero-order chi connectivity index (χ0) is 15.6. The number of nitrogens with one attached hydrogen (secondary N) is 2. The van der Waals surface area contributed by atoms with E-state index in [4.69, 9.17) is 11.6 Å². The van der Waals surface area contributed by atoms with Crippen LogP contribution in [0.1, 0.15) is 10.4 Å². The predicted molar refractivity (Wildman–Crippen MR) is 87.7 cm³/mol. The van der Waals surface area contributed by atoms with Gasteiger partial charge in [-0.15, -0.1) is 11.3 Å². The number of hydrogen-bond donors (Lipinski definition) is 2. The minimum atomic E-state index is -3.70. The summed E-state index contributed by atoms with van der Waals surface area (Å²) in [5, 5.41) is 2.83. The van der Waals surface area contributed by atoms with Gasteiger partial charge < -0.3 is 5.32 Å². The molecule has 2 rings (SSSR count). The minimum Gasteiger partial charge on any atom is -0.355 e. The van der Waals surface area contributed by atoms with E-state index in [9.17, 15) is 13.2 Å². The van der Waals surface area contributed by atoms with Gasteiger partial charge in [0.05, 0.1) is 8.81 Å². The quantitative estimate of drug-likeness (QED) is 0.813. The standard InChI is InChI=1S/C12H10BrClN2O3S2/c1-15-12(17)7-2-4-8(5-3-7)16-21(18,19)10-6-9(14)11(13)20-10/h2-6,16H,1H3,(H,15,17). The van der Waals surface area contributed by atoms with Gasteiger partial charge in [-0.05, 0) is 46.3 Å². The van der Waals surface area contributed by atoms with Crippen LogP contribution < -0.4 is 10.0 Å². The third-order valence-corrected chi connectivity index (χ3v) is 6.84. The van der Waals surface area contributed by atoms with Crippen LogP contribution in [0.25, 0.3) is 0 Å². The summed E-state index contributed by atoms with van der Waals surface area (Å²) in [7, 11) is -2.17. The van der Waals surface area contributed by atoms with Gasteiger partial charge in [-0.3, -0.25) is 9.52 Å². The fourth-order valence-corrected chi connectivity index (χ4v) is 4.96. The van der Waals surface area contributed by atoms with Crippen LogP contribution in [0.15, 0.2) is 38.3 Å². The van der Waals surface area contributed by atoms with Gasteiger partial charge >= 0.3 is 0 Å². The summed E-state index contributed by atoms with van der Waals surface area (Å²) in [6, 6.07) is 7.48. The van der Waals surface area contributed by atoms with Crippen LogP contribution in [0.4, 0.5) is 5.69 Å². The fourth-order valence-electron chi connectivity index (χ4n) is 1.50. The summed E-state index contributed by atoms with van der Waals surface area (Å²) in [6.45, 7) is 0. The van der Waals surface area contributed by atoms with Crippen molar-refractivity contribution in [2.45, 2.75) is 4.21 Å². The average molecular weight is 410 g/mol. The van der Waals surface area contributed by atoms with Crippen molar-refractivity contribution in [3.8, 4) is 0 Å². The molecule has 112 valence electrons. The van der Waals surface area contributed by atoms with Crippen molar-refractivity contribution >= 4 is 60.5 Å². The smallest absolute Gasteiger partial charge is 0.271 e. The third-order valence-electron chi connectivity index (χ3n) is 2.51. The van der Waals surface area contributed by atoms with Gasteiger partial charge in [-0.1, -0.05) is 11.6 Å². The van der Waals surface area contributed by atoms with Gasteiger partial charge in [0.1, 0.15) is 4.21 Å². The lowest BCUT2D eigenvalue weighted by molar-refractivity contribution is 0.0963. The van der Waals surface area contributed by atoms with Crippen molar-refractivity contribution < 1.29 is 13.2 Å². The normalized spacial score (nSPS) is 11.2. The maximum atomic E-state index is 12.2. The second-order valence-electron chi connectivity index (χ2n) is 3.95. The number of hydrogen-bond acceptors (Lipinski definition) is 4. The molecule has 21 heavy (non-hydrogen) atoms. The summed E-state index contributed by atoms with van der Waals surface area (Å²) in [5.74, 6) is -0.238. The molecule has 0 saturated heterocycles. The highest BCUT2D eigenvalue weighted by Gasteiger charge is 2.19. The Hall–Kier alpha value is -1.09. The molecule has 0 fully saturated rings. The first-order valence-corrected chi connectivity index (χ1v) is 9.10. The second-order valence-corrected chi connectivity index (χ2v) is 8.64. The SMILES string of the molecule is CNC(=O)c1ccc(NS(=O)(=O)c2cc(Cl)c(Br)s2)cc1. The molecule has 2 N–H and O–H groups in total. The highest BCUT2D eigenvalue weighted by Crippen LogP contribution is 2.35. The molecule has 9 heteroatoms. The number of carbonyl (C=O) groups excluding carboxylic acids is 1. The maximum Gasteiger partial charge on any atom is 0.271 e. The van der Waals surface area contributed by atoms with Crippen LogP contribution >= 0.6 is 38.9 Å². The highest BCUT2D eigenvalue weighted by molar-refractivity contribution is 9.11. The van der Waals surface area contributed by atoms with Crippen LogP contribution in [0.2, 0.25) is 5.02 Å². The number of anilines is 1. The van der Waals surface area contributed by atoms with E-state index in [1.54, 1.807) is 0 Å². The number of carbonyl (C=O) groups is 1. The summed E-state index contributed by atoms with van der Waals surface area (Å²) < 4.78 is 27.5. The molecule has 0 bridgehead atoms. The Morgan fingerprint density at radius 2 is 1.90 bits per heavy atom. The van der Waals surface area contributed by atoms with Crippen LogP contribution in [0.5, 0.6) is 0 Å². The first-order chi connectivity index (χ1) is 9.83. The average Bonchev–Trinajstić information content (AvgIpc) is 2.79. The molecular weight excluding hydrogens is 400 g/mol. The van der Waals surface area contributed by atoms with Gasteiger partial charge in [-0.25, -0.2) is 8.42 Å². The van der Waals surface area contributed by atoms with Gasteiger partial charge in [0.25, 0.3) is 15.9 Å². The van der Waals surface area contributed by atoms with Gasteiger partial charge in [0.15, 0.2) is 0 Å². The Labute approximate surface area is 139 Å². The summed E-state index contributed by atoms with van der Waals surface area (Å²) in [4.78, 5) is 11.4. The molecule has 2 aromatic rings. The van der Waals surface area contributed by atoms with E-state index < -0.39 is 10.0 Å². The Balaban J connectivity index is 2.22. The molecular formula is C12H10BrClN2O3S2. The predicted octanol–water partition coefficient (Wildman–Crippen LogP) is 3.32. The minimum absolute atomic E-state index is 0.106. The van der Waals surface area contributed by atoms with E-state index in [1.807, 2.05) is 0 Å². The molecule has 0 spiro atoms. The topological polar surface area (TPSA) is 75.3 Å². The number of halogens is 2. The first-order valence-electron chi connectivity index (χ1n) is 5.63. The lowest BCUT2D eigenvalue weighted by Gasteiger charge is -2.07. The molecule has 0 radical (unpaired) electrons. The van der Waals surface area contributed by atoms with Crippen molar-refractivity contribution in [2.75, 3.05) is 11.8 Å². The van der Waals surface area contributed by atoms with Gasteiger partial charge in [-0.2, -0.15) is 0 Å². The van der Waals surface area contributed by atoms with Crippen LogP contribution in [-0.4, -0.2) is 21.4 Å². The zero-order valence-electron chi connectivity index (χ0n) is 10.7. The lowest BCUT2D eigenvalue weighted by Crippen LogP contribution is -2.17. The molecule has 0 saturated carbocycles. The zero-order valence-corrected chi connectivity index (χ0v) is 14.7. The molecule has 0 aliphatic carbocycles. The monoisotopic (exact) mass is 408 g/mol. The van der Waals surface area contributed by atoms with Crippen molar-refractivity contribution in [3.63, 3.8) is 0 Å². The lowest BCUT2D eigenvalue weighted by atomic mass is 10.2. The van der Waals surface area contributed by atoms with Crippen LogP contribution in [0, 0.1) is 0 Å². The number of amides is 1. The molecule has 1 amide bonds. The molecule has 0 unspecified atom stereocenters.